The first-order chi connectivity index (χ1) is 9.15. The highest BCUT2D eigenvalue weighted by atomic mass is 35.5. The second-order valence-corrected chi connectivity index (χ2v) is 4.77. The highest BCUT2D eigenvalue weighted by Gasteiger charge is 2.08. The zero-order valence-electron chi connectivity index (χ0n) is 11.1. The van der Waals surface area contributed by atoms with Crippen LogP contribution in [0, 0.1) is 5.92 Å². The van der Waals surface area contributed by atoms with Gasteiger partial charge in [-0.15, -0.1) is 0 Å². The summed E-state index contributed by atoms with van der Waals surface area (Å²) in [6.07, 6.45) is 1.63. The third-order valence-corrected chi connectivity index (χ3v) is 3.14. The molecule has 0 heterocycles. The molecule has 0 aromatic heterocycles. The van der Waals surface area contributed by atoms with Gasteiger partial charge < -0.3 is 15.2 Å². The van der Waals surface area contributed by atoms with Gasteiger partial charge in [0.05, 0.1) is 0 Å². The molecule has 0 bridgehead atoms. The average molecular weight is 286 g/mol. The molecule has 0 saturated heterocycles. The molecule has 1 aromatic carbocycles. The minimum absolute atomic E-state index is 0.0167. The summed E-state index contributed by atoms with van der Waals surface area (Å²) in [5, 5.41) is 12.3. The molecule has 0 aliphatic rings. The third-order valence-electron chi connectivity index (χ3n) is 2.89. The number of nitrogens with one attached hydrogen (secondary N) is 1. The van der Waals surface area contributed by atoms with Crippen molar-refractivity contribution in [3.8, 4) is 5.75 Å². The second kappa shape index (κ2) is 8.77. The van der Waals surface area contributed by atoms with Gasteiger partial charge in [-0.25, -0.2) is 0 Å². The molecule has 0 aliphatic heterocycles. The van der Waals surface area contributed by atoms with E-state index in [-0.39, 0.29) is 19.1 Å². The lowest BCUT2D eigenvalue weighted by atomic mass is 10.0. The molecule has 4 nitrogen and oxygen atoms in total. The lowest BCUT2D eigenvalue weighted by molar-refractivity contribution is -0.123. The van der Waals surface area contributed by atoms with E-state index < -0.39 is 0 Å². The van der Waals surface area contributed by atoms with Crippen LogP contribution in [0.1, 0.15) is 19.8 Å². The van der Waals surface area contributed by atoms with Gasteiger partial charge >= 0.3 is 0 Å². The zero-order valence-corrected chi connectivity index (χ0v) is 11.8. The van der Waals surface area contributed by atoms with Crippen LogP contribution in [0.5, 0.6) is 5.75 Å². The number of ether oxygens (including phenoxy) is 1. The van der Waals surface area contributed by atoms with Crippen LogP contribution < -0.4 is 10.1 Å². The smallest absolute Gasteiger partial charge is 0.257 e. The van der Waals surface area contributed by atoms with Crippen LogP contribution >= 0.6 is 11.6 Å². The van der Waals surface area contributed by atoms with Gasteiger partial charge in [0.1, 0.15) is 5.75 Å². The fourth-order valence-electron chi connectivity index (χ4n) is 1.62. The maximum atomic E-state index is 11.6. The number of hydrogen-bond donors (Lipinski definition) is 2. The molecule has 0 radical (unpaired) electrons. The summed E-state index contributed by atoms with van der Waals surface area (Å²) < 4.78 is 5.33. The molecule has 1 amide bonds. The molecule has 0 aliphatic carbocycles. The van der Waals surface area contributed by atoms with Crippen LogP contribution in [-0.2, 0) is 4.79 Å². The fourth-order valence-corrected chi connectivity index (χ4v) is 1.75. The number of aliphatic hydroxyl groups excluding tert-OH is 1. The van der Waals surface area contributed by atoms with Gasteiger partial charge in [-0.2, -0.15) is 0 Å². The maximum Gasteiger partial charge on any atom is 0.257 e. The highest BCUT2D eigenvalue weighted by molar-refractivity contribution is 6.30. The summed E-state index contributed by atoms with van der Waals surface area (Å²) in [5.41, 5.74) is 0. The number of rotatable bonds is 8. The Hall–Kier alpha value is -1.26. The van der Waals surface area contributed by atoms with Crippen molar-refractivity contribution in [3.05, 3.63) is 29.3 Å². The Bertz CT molecular complexity index is 381. The summed E-state index contributed by atoms with van der Waals surface area (Å²) in [5.74, 6) is 0.762. The molecular formula is C14H20ClNO3. The predicted molar refractivity (Wildman–Crippen MR) is 75.4 cm³/mol. The molecule has 2 N–H and O–H groups in total. The number of benzene rings is 1. The Morgan fingerprint density at radius 3 is 2.68 bits per heavy atom. The topological polar surface area (TPSA) is 58.6 Å². The first-order valence-corrected chi connectivity index (χ1v) is 6.79. The molecule has 1 atom stereocenters. The first kappa shape index (κ1) is 15.8. The fraction of sp³-hybridized carbons (Fsp3) is 0.500. The molecule has 1 unspecified atom stereocenters. The monoisotopic (exact) mass is 285 g/mol. The standard InChI is InChI=1S/C14H20ClNO3/c1-2-11(7-8-17)9-16-14(18)10-19-13-5-3-12(15)4-6-13/h3-6,11,17H,2,7-10H2,1H3,(H,16,18). The van der Waals surface area contributed by atoms with Crippen LogP contribution in [0.4, 0.5) is 0 Å². The van der Waals surface area contributed by atoms with Crippen molar-refractivity contribution < 1.29 is 14.6 Å². The normalized spacial score (nSPS) is 11.9. The van der Waals surface area contributed by atoms with Crippen molar-refractivity contribution in [2.45, 2.75) is 19.8 Å². The number of carbonyl (C=O) groups is 1. The number of carbonyl (C=O) groups excluding carboxylic acids is 1. The Labute approximate surface area is 118 Å². The minimum atomic E-state index is -0.161. The van der Waals surface area contributed by atoms with Gasteiger partial charge in [0, 0.05) is 18.2 Å². The number of hydrogen-bond acceptors (Lipinski definition) is 3. The van der Waals surface area contributed by atoms with Crippen LogP contribution in [0.3, 0.4) is 0 Å². The Balaban J connectivity index is 2.25. The second-order valence-electron chi connectivity index (χ2n) is 4.33. The Kier molecular flexibility index (Phi) is 7.30. The van der Waals surface area contributed by atoms with Gasteiger partial charge in [0.25, 0.3) is 5.91 Å². The molecule has 1 rings (SSSR count). The minimum Gasteiger partial charge on any atom is -0.484 e. The molecule has 0 saturated carbocycles. The SMILES string of the molecule is CCC(CCO)CNC(=O)COc1ccc(Cl)cc1. The van der Waals surface area contributed by atoms with E-state index in [1.807, 2.05) is 6.92 Å². The van der Waals surface area contributed by atoms with Gasteiger partial charge in [-0.1, -0.05) is 24.9 Å². The van der Waals surface area contributed by atoms with Crippen molar-refractivity contribution in [3.63, 3.8) is 0 Å². The van der Waals surface area contributed by atoms with E-state index in [1.165, 1.54) is 0 Å². The first-order valence-electron chi connectivity index (χ1n) is 6.41. The maximum absolute atomic E-state index is 11.6. The van der Waals surface area contributed by atoms with Crippen molar-refractivity contribution in [1.29, 1.82) is 0 Å². The summed E-state index contributed by atoms with van der Waals surface area (Å²) in [6, 6.07) is 6.86. The van der Waals surface area contributed by atoms with Crippen molar-refractivity contribution >= 4 is 17.5 Å². The van der Waals surface area contributed by atoms with Crippen LogP contribution in [-0.4, -0.2) is 30.8 Å². The third kappa shape index (κ3) is 6.45. The predicted octanol–water partition coefficient (Wildman–Crippen LogP) is 2.24. The van der Waals surface area contributed by atoms with Crippen molar-refractivity contribution in [2.75, 3.05) is 19.8 Å². The van der Waals surface area contributed by atoms with Crippen molar-refractivity contribution in [2.24, 2.45) is 5.92 Å². The lowest BCUT2D eigenvalue weighted by Crippen LogP contribution is -2.33. The van der Waals surface area contributed by atoms with E-state index in [2.05, 4.69) is 5.32 Å². The highest BCUT2D eigenvalue weighted by Crippen LogP contribution is 2.15. The van der Waals surface area contributed by atoms with E-state index in [0.29, 0.717) is 29.7 Å². The quantitative estimate of drug-likeness (QED) is 0.770. The molecule has 0 spiro atoms. The molecule has 106 valence electrons. The van der Waals surface area contributed by atoms with Gasteiger partial charge in [-0.05, 0) is 36.6 Å². The van der Waals surface area contributed by atoms with E-state index in [0.717, 1.165) is 6.42 Å². The molecule has 1 aromatic rings. The average Bonchev–Trinajstić information content (AvgIpc) is 2.42. The largest absolute Gasteiger partial charge is 0.484 e. The number of halogens is 1. The van der Waals surface area contributed by atoms with Crippen LogP contribution in [0.25, 0.3) is 0 Å². The van der Waals surface area contributed by atoms with E-state index in [9.17, 15) is 4.79 Å². The summed E-state index contributed by atoms with van der Waals surface area (Å²) in [6.45, 7) is 2.74. The van der Waals surface area contributed by atoms with E-state index in [4.69, 9.17) is 21.4 Å². The van der Waals surface area contributed by atoms with E-state index in [1.54, 1.807) is 24.3 Å². The lowest BCUT2D eigenvalue weighted by Gasteiger charge is -2.14. The summed E-state index contributed by atoms with van der Waals surface area (Å²) >= 11 is 5.75. The Morgan fingerprint density at radius 2 is 2.11 bits per heavy atom. The van der Waals surface area contributed by atoms with Gasteiger partial charge in [0.2, 0.25) is 0 Å². The molecule has 0 fully saturated rings. The van der Waals surface area contributed by atoms with E-state index >= 15 is 0 Å². The van der Waals surface area contributed by atoms with Gasteiger partial charge in [-0.3, -0.25) is 4.79 Å². The number of aliphatic hydroxyl groups is 1. The Morgan fingerprint density at radius 1 is 1.42 bits per heavy atom. The molecular weight excluding hydrogens is 266 g/mol. The summed E-state index contributed by atoms with van der Waals surface area (Å²) in [4.78, 5) is 11.6. The zero-order chi connectivity index (χ0) is 14.1. The summed E-state index contributed by atoms with van der Waals surface area (Å²) in [7, 11) is 0. The number of amides is 1. The van der Waals surface area contributed by atoms with Gasteiger partial charge in [0.15, 0.2) is 6.61 Å². The molecule has 19 heavy (non-hydrogen) atoms. The molecule has 5 heteroatoms. The van der Waals surface area contributed by atoms with Crippen LogP contribution in [0.15, 0.2) is 24.3 Å². The van der Waals surface area contributed by atoms with Crippen LogP contribution in [0.2, 0.25) is 5.02 Å². The van der Waals surface area contributed by atoms with Crippen molar-refractivity contribution in [1.82, 2.24) is 5.32 Å².